The number of anilines is 1. The third-order valence-electron chi connectivity index (χ3n) is 5.63. The molecule has 1 N–H and O–H groups in total. The van der Waals surface area contributed by atoms with Crippen molar-refractivity contribution in [2.75, 3.05) is 25.1 Å². The van der Waals surface area contributed by atoms with Gasteiger partial charge < -0.3 is 19.5 Å². The van der Waals surface area contributed by atoms with Crippen LogP contribution in [0.25, 0.3) is 10.9 Å². The third-order valence-corrected chi connectivity index (χ3v) is 5.63. The maximum Gasteiger partial charge on any atom is 0.253 e. The molecule has 0 radical (unpaired) electrons. The molecule has 2 saturated heterocycles. The van der Waals surface area contributed by atoms with Crippen LogP contribution in [0.15, 0.2) is 60.8 Å². The Morgan fingerprint density at radius 2 is 1.93 bits per heavy atom. The van der Waals surface area contributed by atoms with Gasteiger partial charge in [0.15, 0.2) is 0 Å². The van der Waals surface area contributed by atoms with Crippen molar-refractivity contribution in [3.05, 3.63) is 60.8 Å². The number of hydrogen-bond donors (Lipinski definition) is 1. The zero-order valence-electron chi connectivity index (χ0n) is 15.9. The number of nitrogens with one attached hydrogen (secondary N) is 1. The smallest absolute Gasteiger partial charge is 0.253 e. The number of hydrogen-bond acceptors (Lipinski definition) is 5. The first-order valence-electron chi connectivity index (χ1n) is 9.90. The van der Waals surface area contributed by atoms with Crippen LogP contribution in [0.3, 0.4) is 0 Å². The summed E-state index contributed by atoms with van der Waals surface area (Å²) in [7, 11) is 0. The van der Waals surface area contributed by atoms with E-state index in [1.807, 2.05) is 54.6 Å². The summed E-state index contributed by atoms with van der Waals surface area (Å²) in [6.45, 7) is 1.98. The quantitative estimate of drug-likeness (QED) is 0.729. The molecule has 3 heterocycles. The lowest BCUT2D eigenvalue weighted by molar-refractivity contribution is -0.126. The van der Waals surface area contributed by atoms with E-state index in [1.54, 1.807) is 6.20 Å². The third kappa shape index (κ3) is 3.69. The van der Waals surface area contributed by atoms with Gasteiger partial charge in [-0.25, -0.2) is 0 Å². The second kappa shape index (κ2) is 7.81. The number of benzene rings is 2. The molecule has 2 aliphatic heterocycles. The Kier molecular flexibility index (Phi) is 4.87. The summed E-state index contributed by atoms with van der Waals surface area (Å²) < 4.78 is 17.3. The van der Waals surface area contributed by atoms with E-state index in [-0.39, 0.29) is 11.8 Å². The van der Waals surface area contributed by atoms with Crippen LogP contribution in [-0.2, 0) is 14.3 Å². The Morgan fingerprint density at radius 1 is 1.07 bits per heavy atom. The number of pyridine rings is 1. The van der Waals surface area contributed by atoms with Gasteiger partial charge in [-0.3, -0.25) is 9.78 Å². The van der Waals surface area contributed by atoms with Gasteiger partial charge in [0.25, 0.3) is 5.91 Å². The fourth-order valence-corrected chi connectivity index (χ4v) is 4.11. The number of amides is 1. The zero-order chi connectivity index (χ0) is 19.6. The van der Waals surface area contributed by atoms with Crippen molar-refractivity contribution in [3.63, 3.8) is 0 Å². The van der Waals surface area contributed by atoms with Crippen LogP contribution < -0.4 is 10.1 Å². The van der Waals surface area contributed by atoms with Gasteiger partial charge in [-0.2, -0.15) is 0 Å². The standard InChI is InChI=1S/C23H22N2O4/c26-23(22-18-10-12-27-13-15(18)14-28-22)25-16-5-7-17(8-6-16)29-21-9-11-24-20-4-2-1-3-19(20)21/h1-9,11,15,18,22H,10,12-14H2,(H,25,26). The first-order valence-corrected chi connectivity index (χ1v) is 9.90. The van der Waals surface area contributed by atoms with E-state index in [0.29, 0.717) is 31.5 Å². The Morgan fingerprint density at radius 3 is 2.83 bits per heavy atom. The predicted octanol–water partition coefficient (Wildman–Crippen LogP) is 4.02. The van der Waals surface area contributed by atoms with Crippen LogP contribution in [0.4, 0.5) is 5.69 Å². The highest BCUT2D eigenvalue weighted by molar-refractivity contribution is 5.94. The minimum absolute atomic E-state index is 0.0896. The molecule has 3 unspecified atom stereocenters. The van der Waals surface area contributed by atoms with Crippen molar-refractivity contribution in [1.82, 2.24) is 4.98 Å². The molecule has 148 valence electrons. The Bertz CT molecular complexity index is 1020. The summed E-state index contributed by atoms with van der Waals surface area (Å²) >= 11 is 0. The van der Waals surface area contributed by atoms with Crippen molar-refractivity contribution >= 4 is 22.5 Å². The largest absolute Gasteiger partial charge is 0.457 e. The van der Waals surface area contributed by atoms with Gasteiger partial charge >= 0.3 is 0 Å². The van der Waals surface area contributed by atoms with Crippen LogP contribution >= 0.6 is 0 Å². The highest BCUT2D eigenvalue weighted by Gasteiger charge is 2.42. The Hall–Kier alpha value is -2.96. The number of ether oxygens (including phenoxy) is 3. The van der Waals surface area contributed by atoms with E-state index in [4.69, 9.17) is 14.2 Å². The average molecular weight is 390 g/mol. The second-order valence-electron chi connectivity index (χ2n) is 7.48. The maximum atomic E-state index is 12.7. The maximum absolute atomic E-state index is 12.7. The molecular weight excluding hydrogens is 368 g/mol. The highest BCUT2D eigenvalue weighted by Crippen LogP contribution is 2.34. The van der Waals surface area contributed by atoms with Gasteiger partial charge in [0, 0.05) is 35.7 Å². The molecule has 0 aliphatic carbocycles. The molecule has 0 saturated carbocycles. The molecule has 2 aromatic carbocycles. The summed E-state index contributed by atoms with van der Waals surface area (Å²) in [6, 6.07) is 17.1. The van der Waals surface area contributed by atoms with Crippen molar-refractivity contribution in [1.29, 1.82) is 0 Å². The molecule has 0 spiro atoms. The SMILES string of the molecule is O=C(Nc1ccc(Oc2ccnc3ccccc23)cc1)C1OCC2COCCC21. The van der Waals surface area contributed by atoms with Crippen LogP contribution in [0, 0.1) is 11.8 Å². The van der Waals surface area contributed by atoms with E-state index in [1.165, 1.54) is 0 Å². The van der Waals surface area contributed by atoms with Crippen LogP contribution in [0.5, 0.6) is 11.5 Å². The van der Waals surface area contributed by atoms with Crippen molar-refractivity contribution in [2.45, 2.75) is 12.5 Å². The number of rotatable bonds is 4. The molecule has 2 aliphatic rings. The highest BCUT2D eigenvalue weighted by atomic mass is 16.5. The van der Waals surface area contributed by atoms with E-state index in [0.717, 1.165) is 28.8 Å². The van der Waals surface area contributed by atoms with E-state index in [9.17, 15) is 4.79 Å². The predicted molar refractivity (Wildman–Crippen MR) is 109 cm³/mol. The van der Waals surface area contributed by atoms with Gasteiger partial charge in [-0.1, -0.05) is 12.1 Å². The number of aromatic nitrogens is 1. The van der Waals surface area contributed by atoms with E-state index in [2.05, 4.69) is 10.3 Å². The van der Waals surface area contributed by atoms with Gasteiger partial charge in [0.1, 0.15) is 17.6 Å². The first-order chi connectivity index (χ1) is 14.3. The number of carbonyl (C=O) groups excluding carboxylic acids is 1. The lowest BCUT2D eigenvalue weighted by Crippen LogP contribution is -2.37. The molecule has 6 heteroatoms. The number of carbonyl (C=O) groups is 1. The van der Waals surface area contributed by atoms with Gasteiger partial charge in [0.2, 0.25) is 0 Å². The van der Waals surface area contributed by atoms with Crippen LogP contribution in [0.1, 0.15) is 6.42 Å². The van der Waals surface area contributed by atoms with E-state index >= 15 is 0 Å². The fourth-order valence-electron chi connectivity index (χ4n) is 4.11. The molecule has 29 heavy (non-hydrogen) atoms. The molecule has 3 aromatic rings. The molecule has 2 fully saturated rings. The molecule has 5 rings (SSSR count). The number of para-hydroxylation sites is 1. The van der Waals surface area contributed by atoms with Crippen LogP contribution in [-0.4, -0.2) is 36.8 Å². The summed E-state index contributed by atoms with van der Waals surface area (Å²) in [5.74, 6) is 1.92. The first kappa shape index (κ1) is 18.1. The number of nitrogens with zero attached hydrogens (tertiary/aromatic N) is 1. The minimum atomic E-state index is -0.400. The molecule has 1 aromatic heterocycles. The number of fused-ring (bicyclic) bond motifs is 2. The van der Waals surface area contributed by atoms with Crippen molar-refractivity contribution in [3.8, 4) is 11.5 Å². The molecule has 0 bridgehead atoms. The molecule has 1 amide bonds. The molecule has 6 nitrogen and oxygen atoms in total. The van der Waals surface area contributed by atoms with Gasteiger partial charge in [0.05, 0.1) is 18.7 Å². The average Bonchev–Trinajstić information content (AvgIpc) is 3.20. The summed E-state index contributed by atoms with van der Waals surface area (Å²) in [4.78, 5) is 17.0. The normalized spacial score (nSPS) is 23.5. The van der Waals surface area contributed by atoms with Crippen LogP contribution in [0.2, 0.25) is 0 Å². The van der Waals surface area contributed by atoms with E-state index < -0.39 is 6.10 Å². The summed E-state index contributed by atoms with van der Waals surface area (Å²) in [5, 5.41) is 3.92. The van der Waals surface area contributed by atoms with Gasteiger partial charge in [-0.15, -0.1) is 0 Å². The topological polar surface area (TPSA) is 69.7 Å². The summed E-state index contributed by atoms with van der Waals surface area (Å²) in [5.41, 5.74) is 1.61. The van der Waals surface area contributed by atoms with Crippen molar-refractivity contribution < 1.29 is 19.0 Å². The fraction of sp³-hybridized carbons (Fsp3) is 0.304. The molecule has 3 atom stereocenters. The van der Waals surface area contributed by atoms with Crippen molar-refractivity contribution in [2.24, 2.45) is 11.8 Å². The lowest BCUT2D eigenvalue weighted by Gasteiger charge is -2.26. The monoisotopic (exact) mass is 390 g/mol. The van der Waals surface area contributed by atoms with Gasteiger partial charge in [-0.05, 0) is 48.9 Å². The molecular formula is C23H22N2O4. The summed E-state index contributed by atoms with van der Waals surface area (Å²) in [6.07, 6.45) is 2.20. The Balaban J connectivity index is 1.26. The zero-order valence-corrected chi connectivity index (χ0v) is 15.9. The second-order valence-corrected chi connectivity index (χ2v) is 7.48. The lowest BCUT2D eigenvalue weighted by atomic mass is 9.86. The minimum Gasteiger partial charge on any atom is -0.457 e. The Labute approximate surface area is 168 Å².